The number of nitrogens with one attached hydrogen (secondary N) is 1. The Morgan fingerprint density at radius 2 is 2.15 bits per heavy atom. The predicted octanol–water partition coefficient (Wildman–Crippen LogP) is 2.61. The first-order valence-corrected chi connectivity index (χ1v) is 6.80. The second-order valence-electron chi connectivity index (χ2n) is 4.66. The standard InChI is InChI=1S/C15H20N4O/c1-4-11-9-14(19(5-2)18-11)15(20)17-13-8-6-7-12(16)10(13)3/h6-9H,4-5,16H2,1-3H3,(H,17,20). The Morgan fingerprint density at radius 3 is 2.80 bits per heavy atom. The van der Waals surface area contributed by atoms with E-state index in [1.54, 1.807) is 4.68 Å². The summed E-state index contributed by atoms with van der Waals surface area (Å²) < 4.78 is 1.72. The van der Waals surface area contributed by atoms with Crippen LogP contribution in [0.1, 0.15) is 35.6 Å². The number of anilines is 2. The molecule has 3 N–H and O–H groups in total. The molecule has 0 bridgehead atoms. The Labute approximate surface area is 118 Å². The summed E-state index contributed by atoms with van der Waals surface area (Å²) in [6, 6.07) is 7.32. The van der Waals surface area contributed by atoms with E-state index in [0.717, 1.165) is 23.4 Å². The summed E-state index contributed by atoms with van der Waals surface area (Å²) in [5.74, 6) is -0.159. The number of carbonyl (C=O) groups excluding carboxylic acids is 1. The molecule has 5 nitrogen and oxygen atoms in total. The lowest BCUT2D eigenvalue weighted by Crippen LogP contribution is -2.18. The lowest BCUT2D eigenvalue weighted by molar-refractivity contribution is 0.101. The average Bonchev–Trinajstić information content (AvgIpc) is 2.87. The minimum absolute atomic E-state index is 0.159. The molecule has 1 amide bonds. The van der Waals surface area contributed by atoms with Crippen LogP contribution in [0.15, 0.2) is 24.3 Å². The first-order chi connectivity index (χ1) is 9.56. The van der Waals surface area contributed by atoms with Gasteiger partial charge in [-0.2, -0.15) is 5.10 Å². The molecule has 0 saturated heterocycles. The van der Waals surface area contributed by atoms with Crippen LogP contribution >= 0.6 is 0 Å². The van der Waals surface area contributed by atoms with Gasteiger partial charge in [0, 0.05) is 17.9 Å². The van der Waals surface area contributed by atoms with Crippen molar-refractivity contribution in [2.45, 2.75) is 33.7 Å². The number of nitrogens with zero attached hydrogens (tertiary/aromatic N) is 2. The molecule has 0 radical (unpaired) electrons. The molecule has 0 spiro atoms. The third kappa shape index (κ3) is 2.66. The minimum Gasteiger partial charge on any atom is -0.398 e. The summed E-state index contributed by atoms with van der Waals surface area (Å²) >= 11 is 0. The van der Waals surface area contributed by atoms with Gasteiger partial charge in [-0.05, 0) is 44.0 Å². The molecular formula is C15H20N4O. The van der Waals surface area contributed by atoms with E-state index in [0.29, 0.717) is 17.9 Å². The molecule has 0 unspecified atom stereocenters. The molecule has 0 saturated carbocycles. The van der Waals surface area contributed by atoms with Gasteiger partial charge in [0.25, 0.3) is 5.91 Å². The summed E-state index contributed by atoms with van der Waals surface area (Å²) in [6.07, 6.45) is 0.810. The van der Waals surface area contributed by atoms with Gasteiger partial charge in [0.15, 0.2) is 0 Å². The van der Waals surface area contributed by atoms with E-state index in [-0.39, 0.29) is 5.91 Å². The monoisotopic (exact) mass is 272 g/mol. The van der Waals surface area contributed by atoms with Gasteiger partial charge < -0.3 is 11.1 Å². The topological polar surface area (TPSA) is 72.9 Å². The predicted molar refractivity (Wildman–Crippen MR) is 80.8 cm³/mol. The van der Waals surface area contributed by atoms with Crippen molar-refractivity contribution < 1.29 is 4.79 Å². The minimum atomic E-state index is -0.159. The Bertz CT molecular complexity index is 631. The lowest BCUT2D eigenvalue weighted by Gasteiger charge is -2.10. The van der Waals surface area contributed by atoms with Crippen molar-refractivity contribution in [2.75, 3.05) is 11.1 Å². The lowest BCUT2D eigenvalue weighted by atomic mass is 10.1. The van der Waals surface area contributed by atoms with Crippen LogP contribution in [0, 0.1) is 6.92 Å². The highest BCUT2D eigenvalue weighted by molar-refractivity contribution is 6.03. The van der Waals surface area contributed by atoms with Gasteiger partial charge in [-0.15, -0.1) is 0 Å². The number of carbonyl (C=O) groups is 1. The van der Waals surface area contributed by atoms with E-state index < -0.39 is 0 Å². The fourth-order valence-electron chi connectivity index (χ4n) is 2.04. The van der Waals surface area contributed by atoms with Crippen LogP contribution in [0.3, 0.4) is 0 Å². The van der Waals surface area contributed by atoms with Crippen molar-refractivity contribution in [3.8, 4) is 0 Å². The van der Waals surface area contributed by atoms with Crippen LogP contribution in [0.4, 0.5) is 11.4 Å². The molecule has 0 aliphatic carbocycles. The van der Waals surface area contributed by atoms with Crippen LogP contribution < -0.4 is 11.1 Å². The SMILES string of the molecule is CCc1cc(C(=O)Nc2cccc(N)c2C)n(CC)n1. The van der Waals surface area contributed by atoms with Gasteiger partial charge in [-0.3, -0.25) is 9.48 Å². The second kappa shape index (κ2) is 5.77. The molecule has 20 heavy (non-hydrogen) atoms. The van der Waals surface area contributed by atoms with E-state index >= 15 is 0 Å². The zero-order chi connectivity index (χ0) is 14.7. The molecule has 0 aliphatic heterocycles. The van der Waals surface area contributed by atoms with Gasteiger partial charge in [-0.25, -0.2) is 0 Å². The van der Waals surface area contributed by atoms with Crippen LogP contribution in [-0.4, -0.2) is 15.7 Å². The summed E-state index contributed by atoms with van der Waals surface area (Å²) in [6.45, 7) is 6.54. The molecule has 1 aromatic carbocycles. The van der Waals surface area contributed by atoms with E-state index in [2.05, 4.69) is 10.4 Å². The second-order valence-corrected chi connectivity index (χ2v) is 4.66. The summed E-state index contributed by atoms with van der Waals surface area (Å²) in [5.41, 5.74) is 9.62. The molecule has 0 aliphatic rings. The number of amides is 1. The number of hydrogen-bond donors (Lipinski definition) is 2. The summed E-state index contributed by atoms with van der Waals surface area (Å²) in [7, 11) is 0. The van der Waals surface area contributed by atoms with Gasteiger partial charge in [0.05, 0.1) is 5.69 Å². The molecular weight excluding hydrogens is 252 g/mol. The van der Waals surface area contributed by atoms with Crippen molar-refractivity contribution in [3.05, 3.63) is 41.2 Å². The molecule has 2 rings (SSSR count). The fraction of sp³-hybridized carbons (Fsp3) is 0.333. The maximum absolute atomic E-state index is 12.4. The Hall–Kier alpha value is -2.30. The van der Waals surface area contributed by atoms with Crippen molar-refractivity contribution >= 4 is 17.3 Å². The van der Waals surface area contributed by atoms with Gasteiger partial charge >= 0.3 is 0 Å². The molecule has 2 aromatic rings. The Kier molecular flexibility index (Phi) is 4.08. The van der Waals surface area contributed by atoms with Crippen molar-refractivity contribution in [1.29, 1.82) is 0 Å². The van der Waals surface area contributed by atoms with Crippen molar-refractivity contribution in [2.24, 2.45) is 0 Å². The zero-order valence-corrected chi connectivity index (χ0v) is 12.1. The molecule has 0 fully saturated rings. The number of aromatic nitrogens is 2. The van der Waals surface area contributed by atoms with Crippen molar-refractivity contribution in [3.63, 3.8) is 0 Å². The number of rotatable bonds is 4. The molecule has 1 heterocycles. The highest BCUT2D eigenvalue weighted by Gasteiger charge is 2.15. The summed E-state index contributed by atoms with van der Waals surface area (Å²) in [5, 5.41) is 7.28. The number of nitrogens with two attached hydrogens (primary N) is 1. The van der Waals surface area contributed by atoms with Crippen LogP contribution in [0.2, 0.25) is 0 Å². The number of aryl methyl sites for hydroxylation is 2. The first-order valence-electron chi connectivity index (χ1n) is 6.80. The fourth-order valence-corrected chi connectivity index (χ4v) is 2.04. The highest BCUT2D eigenvalue weighted by Crippen LogP contribution is 2.21. The van der Waals surface area contributed by atoms with E-state index in [1.807, 2.05) is 45.0 Å². The normalized spacial score (nSPS) is 10.6. The number of benzene rings is 1. The van der Waals surface area contributed by atoms with Crippen molar-refractivity contribution in [1.82, 2.24) is 9.78 Å². The third-order valence-corrected chi connectivity index (χ3v) is 3.35. The maximum atomic E-state index is 12.4. The molecule has 106 valence electrons. The highest BCUT2D eigenvalue weighted by atomic mass is 16.2. The summed E-state index contributed by atoms with van der Waals surface area (Å²) in [4.78, 5) is 12.4. The third-order valence-electron chi connectivity index (χ3n) is 3.35. The number of hydrogen-bond acceptors (Lipinski definition) is 3. The average molecular weight is 272 g/mol. The largest absolute Gasteiger partial charge is 0.398 e. The van der Waals surface area contributed by atoms with Gasteiger partial charge in [-0.1, -0.05) is 13.0 Å². The van der Waals surface area contributed by atoms with E-state index in [1.165, 1.54) is 0 Å². The maximum Gasteiger partial charge on any atom is 0.273 e. The smallest absolute Gasteiger partial charge is 0.273 e. The van der Waals surface area contributed by atoms with E-state index in [4.69, 9.17) is 5.73 Å². The van der Waals surface area contributed by atoms with Gasteiger partial charge in [0.1, 0.15) is 5.69 Å². The van der Waals surface area contributed by atoms with Crippen LogP contribution in [0.25, 0.3) is 0 Å². The van der Waals surface area contributed by atoms with E-state index in [9.17, 15) is 4.79 Å². The van der Waals surface area contributed by atoms with Crippen LogP contribution in [-0.2, 0) is 13.0 Å². The quantitative estimate of drug-likeness (QED) is 0.840. The Balaban J connectivity index is 2.28. The van der Waals surface area contributed by atoms with Crippen LogP contribution in [0.5, 0.6) is 0 Å². The molecule has 0 atom stereocenters. The molecule has 1 aromatic heterocycles. The number of nitrogen functional groups attached to an aromatic ring is 1. The molecule has 5 heteroatoms. The first kappa shape index (κ1) is 14.1. The zero-order valence-electron chi connectivity index (χ0n) is 12.1. The Morgan fingerprint density at radius 1 is 1.40 bits per heavy atom. The van der Waals surface area contributed by atoms with Gasteiger partial charge in [0.2, 0.25) is 0 Å².